The Morgan fingerprint density at radius 3 is 2.29 bits per heavy atom. The molecule has 2 aromatic carbocycles. The van der Waals surface area contributed by atoms with Crippen molar-refractivity contribution in [3.63, 3.8) is 0 Å². The summed E-state index contributed by atoms with van der Waals surface area (Å²) in [7, 11) is 0. The van der Waals surface area contributed by atoms with Gasteiger partial charge in [-0.1, -0.05) is 48.8 Å². The molecule has 2 N–H and O–H groups in total. The molecule has 0 aliphatic rings. The van der Waals surface area contributed by atoms with Gasteiger partial charge >= 0.3 is 0 Å². The Labute approximate surface area is 123 Å². The molecule has 0 aliphatic heterocycles. The lowest BCUT2D eigenvalue weighted by Gasteiger charge is -2.04. The molecular weight excluding hydrogens is 265 g/mol. The highest BCUT2D eigenvalue weighted by atomic mass is 19.1. The van der Waals surface area contributed by atoms with Crippen molar-refractivity contribution in [2.45, 2.75) is 6.42 Å². The van der Waals surface area contributed by atoms with Crippen LogP contribution in [0.25, 0.3) is 0 Å². The highest BCUT2D eigenvalue weighted by Crippen LogP contribution is 2.13. The van der Waals surface area contributed by atoms with E-state index in [9.17, 15) is 9.18 Å². The molecule has 0 atom stereocenters. The molecule has 104 valence electrons. The predicted molar refractivity (Wildman–Crippen MR) is 80.9 cm³/mol. The average molecular weight is 279 g/mol. The molecule has 0 aliphatic carbocycles. The van der Waals surface area contributed by atoms with Crippen molar-refractivity contribution in [2.75, 3.05) is 0 Å². The summed E-state index contributed by atoms with van der Waals surface area (Å²) in [6, 6.07) is 13.7. The molecule has 0 spiro atoms. The minimum Gasteiger partial charge on any atom is -0.366 e. The molecule has 0 radical (unpaired) electrons. The Balaban J connectivity index is 2.32. The third-order valence-corrected chi connectivity index (χ3v) is 2.98. The van der Waals surface area contributed by atoms with Gasteiger partial charge in [-0.05, 0) is 23.8 Å². The first kappa shape index (κ1) is 14.5. The summed E-state index contributed by atoms with van der Waals surface area (Å²) in [5.74, 6) is 4.84. The Morgan fingerprint density at radius 2 is 1.62 bits per heavy atom. The van der Waals surface area contributed by atoms with E-state index in [2.05, 4.69) is 18.4 Å². The van der Waals surface area contributed by atoms with Crippen LogP contribution >= 0.6 is 0 Å². The van der Waals surface area contributed by atoms with Crippen LogP contribution in [0.15, 0.2) is 60.7 Å². The maximum atomic E-state index is 13.5. The van der Waals surface area contributed by atoms with E-state index in [1.54, 1.807) is 18.2 Å². The number of rotatable bonds is 3. The number of nitrogens with two attached hydrogens (primary N) is 1. The zero-order chi connectivity index (χ0) is 15.2. The third-order valence-electron chi connectivity index (χ3n) is 2.98. The van der Waals surface area contributed by atoms with Gasteiger partial charge in [0.15, 0.2) is 0 Å². The van der Waals surface area contributed by atoms with Crippen LogP contribution in [0, 0.1) is 17.7 Å². The summed E-state index contributed by atoms with van der Waals surface area (Å²) in [5.41, 5.74) is 7.41. The predicted octanol–water partition coefficient (Wildman–Crippen LogP) is 2.81. The Bertz CT molecular complexity index is 753. The van der Waals surface area contributed by atoms with E-state index in [0.717, 1.165) is 11.1 Å². The topological polar surface area (TPSA) is 43.1 Å². The van der Waals surface area contributed by atoms with Gasteiger partial charge in [0.1, 0.15) is 5.82 Å². The van der Waals surface area contributed by atoms with Crippen molar-refractivity contribution in [3.05, 3.63) is 83.2 Å². The van der Waals surface area contributed by atoms with Crippen molar-refractivity contribution in [3.8, 4) is 11.8 Å². The summed E-state index contributed by atoms with van der Waals surface area (Å²) < 4.78 is 13.5. The van der Waals surface area contributed by atoms with E-state index >= 15 is 0 Å². The molecule has 2 rings (SSSR count). The second-order valence-corrected chi connectivity index (χ2v) is 4.53. The molecule has 1 amide bonds. The lowest BCUT2D eigenvalue weighted by molar-refractivity contribution is -0.114. The van der Waals surface area contributed by atoms with Crippen molar-refractivity contribution < 1.29 is 9.18 Å². The van der Waals surface area contributed by atoms with E-state index in [-0.39, 0.29) is 5.82 Å². The van der Waals surface area contributed by atoms with Crippen LogP contribution in [0.2, 0.25) is 0 Å². The van der Waals surface area contributed by atoms with Crippen LogP contribution in [0.1, 0.15) is 16.7 Å². The largest absolute Gasteiger partial charge is 0.366 e. The van der Waals surface area contributed by atoms with Crippen LogP contribution in [0.4, 0.5) is 4.39 Å². The van der Waals surface area contributed by atoms with Crippen LogP contribution in [0.3, 0.4) is 0 Å². The zero-order valence-corrected chi connectivity index (χ0v) is 11.4. The van der Waals surface area contributed by atoms with Gasteiger partial charge in [-0.2, -0.15) is 0 Å². The SMILES string of the molecule is C=C(Cc1ccccc1C#Cc1ccccc1F)C(N)=O. The van der Waals surface area contributed by atoms with E-state index < -0.39 is 5.91 Å². The van der Waals surface area contributed by atoms with Crippen LogP contribution in [-0.2, 0) is 11.2 Å². The maximum absolute atomic E-state index is 13.5. The van der Waals surface area contributed by atoms with Gasteiger partial charge in [0.05, 0.1) is 5.56 Å². The van der Waals surface area contributed by atoms with Crippen molar-refractivity contribution in [1.29, 1.82) is 0 Å². The lowest BCUT2D eigenvalue weighted by Crippen LogP contribution is -2.14. The van der Waals surface area contributed by atoms with Crippen LogP contribution in [-0.4, -0.2) is 5.91 Å². The van der Waals surface area contributed by atoms with Gasteiger partial charge in [0.25, 0.3) is 0 Å². The number of benzene rings is 2. The molecule has 0 heterocycles. The fourth-order valence-electron chi connectivity index (χ4n) is 1.81. The average Bonchev–Trinajstić information content (AvgIpc) is 2.47. The molecule has 2 nitrogen and oxygen atoms in total. The van der Waals surface area contributed by atoms with Gasteiger partial charge in [-0.15, -0.1) is 0 Å². The van der Waals surface area contributed by atoms with Gasteiger partial charge in [-0.3, -0.25) is 4.79 Å². The molecule has 21 heavy (non-hydrogen) atoms. The van der Waals surface area contributed by atoms with Crippen LogP contribution in [0.5, 0.6) is 0 Å². The van der Waals surface area contributed by atoms with Crippen molar-refractivity contribution in [2.24, 2.45) is 5.73 Å². The molecular formula is C18H14FNO. The molecule has 0 saturated carbocycles. The Morgan fingerprint density at radius 1 is 1.05 bits per heavy atom. The normalized spacial score (nSPS) is 9.57. The van der Waals surface area contributed by atoms with E-state index in [1.165, 1.54) is 6.07 Å². The number of hydrogen-bond acceptors (Lipinski definition) is 1. The van der Waals surface area contributed by atoms with Gasteiger partial charge in [0.2, 0.25) is 5.91 Å². The van der Waals surface area contributed by atoms with E-state index in [4.69, 9.17) is 5.73 Å². The summed E-state index contributed by atoms with van der Waals surface area (Å²) >= 11 is 0. The summed E-state index contributed by atoms with van der Waals surface area (Å²) in [6.45, 7) is 3.64. The first-order chi connectivity index (χ1) is 10.1. The summed E-state index contributed by atoms with van der Waals surface area (Å²) in [6.07, 6.45) is 0.331. The van der Waals surface area contributed by atoms with Crippen LogP contribution < -0.4 is 5.73 Å². The smallest absolute Gasteiger partial charge is 0.244 e. The Hall–Kier alpha value is -2.86. The van der Waals surface area contributed by atoms with Gasteiger partial charge in [0, 0.05) is 17.6 Å². The minimum atomic E-state index is -0.535. The molecule has 0 fully saturated rings. The fraction of sp³-hybridized carbons (Fsp3) is 0.0556. The number of primary amides is 1. The highest BCUT2D eigenvalue weighted by molar-refractivity contribution is 5.91. The number of amides is 1. The second-order valence-electron chi connectivity index (χ2n) is 4.53. The molecule has 3 heteroatoms. The number of halogens is 1. The third kappa shape index (κ3) is 3.80. The van der Waals surface area contributed by atoms with Gasteiger partial charge in [-0.25, -0.2) is 4.39 Å². The lowest BCUT2D eigenvalue weighted by atomic mass is 10.0. The van der Waals surface area contributed by atoms with E-state index in [1.807, 2.05) is 24.3 Å². The van der Waals surface area contributed by atoms with Gasteiger partial charge < -0.3 is 5.73 Å². The number of carbonyl (C=O) groups is 1. The first-order valence-corrected chi connectivity index (χ1v) is 6.40. The minimum absolute atomic E-state index is 0.315. The quantitative estimate of drug-likeness (QED) is 0.681. The molecule has 0 aromatic heterocycles. The van der Waals surface area contributed by atoms with Crippen molar-refractivity contribution in [1.82, 2.24) is 0 Å². The monoisotopic (exact) mass is 279 g/mol. The second kappa shape index (κ2) is 6.53. The number of carbonyl (C=O) groups excluding carboxylic acids is 1. The molecule has 0 unspecified atom stereocenters. The first-order valence-electron chi connectivity index (χ1n) is 6.40. The van der Waals surface area contributed by atoms with E-state index in [0.29, 0.717) is 17.6 Å². The number of hydrogen-bond donors (Lipinski definition) is 1. The molecule has 2 aromatic rings. The molecule has 0 bridgehead atoms. The summed E-state index contributed by atoms with van der Waals surface area (Å²) in [4.78, 5) is 11.1. The maximum Gasteiger partial charge on any atom is 0.244 e. The van der Waals surface area contributed by atoms with Crippen molar-refractivity contribution >= 4 is 5.91 Å². The Kier molecular flexibility index (Phi) is 4.53. The zero-order valence-electron chi connectivity index (χ0n) is 11.4. The fourth-order valence-corrected chi connectivity index (χ4v) is 1.81. The highest BCUT2D eigenvalue weighted by Gasteiger charge is 2.06. The molecule has 0 saturated heterocycles. The summed E-state index contributed by atoms with van der Waals surface area (Å²) in [5, 5.41) is 0. The standard InChI is InChI=1S/C18H14FNO/c1-13(18(20)21)12-16-8-3-2-6-14(16)10-11-15-7-4-5-9-17(15)19/h2-9H,1,12H2,(H2,20,21).